The largest absolute Gasteiger partial charge is 0.399 e. The number of hydrogen-bond donors (Lipinski definition) is 1. The molecule has 0 aliphatic carbocycles. The highest BCUT2D eigenvalue weighted by Crippen LogP contribution is 2.26. The van der Waals surface area contributed by atoms with Crippen LogP contribution < -0.4 is 5.73 Å². The zero-order valence-electron chi connectivity index (χ0n) is 12.3. The Balaban J connectivity index is 2.20. The van der Waals surface area contributed by atoms with Crippen molar-refractivity contribution in [3.63, 3.8) is 0 Å². The van der Waals surface area contributed by atoms with Gasteiger partial charge in [-0.2, -0.15) is 4.68 Å². The summed E-state index contributed by atoms with van der Waals surface area (Å²) in [5.41, 5.74) is 12.0. The standard InChI is InChI=1S/C16H17N5/c1-10-5-4-6-15(12(10)3)21-16(18-19-20-21)14-8-7-13(17)9-11(14)2/h4-9H,17H2,1-3H3. The molecule has 21 heavy (non-hydrogen) atoms. The molecule has 2 aromatic carbocycles. The summed E-state index contributed by atoms with van der Waals surface area (Å²) in [4.78, 5) is 0. The predicted molar refractivity (Wildman–Crippen MR) is 83.2 cm³/mol. The summed E-state index contributed by atoms with van der Waals surface area (Å²) < 4.78 is 1.78. The van der Waals surface area contributed by atoms with Crippen LogP contribution in [0.25, 0.3) is 17.1 Å². The minimum Gasteiger partial charge on any atom is -0.399 e. The number of tetrazole rings is 1. The van der Waals surface area contributed by atoms with E-state index in [0.29, 0.717) is 0 Å². The first kappa shape index (κ1) is 13.3. The molecule has 1 heterocycles. The van der Waals surface area contributed by atoms with Crippen molar-refractivity contribution >= 4 is 5.69 Å². The van der Waals surface area contributed by atoms with Crippen LogP contribution in [-0.4, -0.2) is 20.2 Å². The van der Waals surface area contributed by atoms with Gasteiger partial charge in [0.2, 0.25) is 0 Å². The number of nitrogen functional groups attached to an aromatic ring is 1. The van der Waals surface area contributed by atoms with Gasteiger partial charge in [-0.15, -0.1) is 5.10 Å². The molecule has 0 aliphatic heterocycles. The fraction of sp³-hybridized carbons (Fsp3) is 0.188. The van der Waals surface area contributed by atoms with Gasteiger partial charge in [0.1, 0.15) is 0 Å². The maximum atomic E-state index is 5.82. The SMILES string of the molecule is Cc1cc(N)ccc1-c1nnnn1-c1cccc(C)c1C. The molecule has 3 aromatic rings. The molecule has 0 fully saturated rings. The highest BCUT2D eigenvalue weighted by Gasteiger charge is 2.14. The Bertz CT molecular complexity index is 804. The van der Waals surface area contributed by atoms with Crippen LogP contribution in [-0.2, 0) is 0 Å². The molecule has 0 aliphatic rings. The van der Waals surface area contributed by atoms with Crippen LogP contribution in [0, 0.1) is 20.8 Å². The number of anilines is 1. The smallest absolute Gasteiger partial charge is 0.187 e. The minimum atomic E-state index is 0.723. The lowest BCUT2D eigenvalue weighted by Crippen LogP contribution is -2.04. The van der Waals surface area contributed by atoms with Gasteiger partial charge in [0.25, 0.3) is 0 Å². The molecule has 0 saturated heterocycles. The third-order valence-electron chi connectivity index (χ3n) is 3.77. The number of benzene rings is 2. The molecule has 0 saturated carbocycles. The number of nitrogens with two attached hydrogens (primary N) is 1. The van der Waals surface area contributed by atoms with E-state index in [1.54, 1.807) is 4.68 Å². The van der Waals surface area contributed by atoms with Crippen molar-refractivity contribution in [3.05, 3.63) is 53.1 Å². The number of rotatable bonds is 2. The number of aromatic nitrogens is 4. The third kappa shape index (κ3) is 2.27. The average molecular weight is 279 g/mol. The van der Waals surface area contributed by atoms with E-state index in [2.05, 4.69) is 35.4 Å². The first-order chi connectivity index (χ1) is 10.1. The zero-order chi connectivity index (χ0) is 15.0. The second-order valence-corrected chi connectivity index (χ2v) is 5.21. The molecular weight excluding hydrogens is 262 g/mol. The van der Waals surface area contributed by atoms with Crippen molar-refractivity contribution in [2.45, 2.75) is 20.8 Å². The van der Waals surface area contributed by atoms with E-state index in [1.807, 2.05) is 37.3 Å². The summed E-state index contributed by atoms with van der Waals surface area (Å²) in [6.07, 6.45) is 0. The van der Waals surface area contributed by atoms with Crippen LogP contribution in [0.2, 0.25) is 0 Å². The van der Waals surface area contributed by atoms with E-state index >= 15 is 0 Å². The Hall–Kier alpha value is -2.69. The van der Waals surface area contributed by atoms with Crippen molar-refractivity contribution < 1.29 is 0 Å². The molecule has 106 valence electrons. The van der Waals surface area contributed by atoms with Crippen LogP contribution in [0.5, 0.6) is 0 Å². The lowest BCUT2D eigenvalue weighted by Gasteiger charge is -2.11. The Kier molecular flexibility index (Phi) is 3.17. The molecule has 5 heteroatoms. The van der Waals surface area contributed by atoms with Crippen molar-refractivity contribution in [1.29, 1.82) is 0 Å². The minimum absolute atomic E-state index is 0.723. The summed E-state index contributed by atoms with van der Waals surface area (Å²) in [6.45, 7) is 6.16. The van der Waals surface area contributed by atoms with Gasteiger partial charge in [0, 0.05) is 11.3 Å². The number of nitrogens with zero attached hydrogens (tertiary/aromatic N) is 4. The van der Waals surface area contributed by atoms with Crippen molar-refractivity contribution in [2.24, 2.45) is 0 Å². The topological polar surface area (TPSA) is 69.6 Å². The number of aryl methyl sites for hydroxylation is 2. The maximum Gasteiger partial charge on any atom is 0.187 e. The molecule has 0 unspecified atom stereocenters. The van der Waals surface area contributed by atoms with Crippen molar-refractivity contribution in [2.75, 3.05) is 5.73 Å². The van der Waals surface area contributed by atoms with Gasteiger partial charge in [-0.3, -0.25) is 0 Å². The van der Waals surface area contributed by atoms with Crippen LogP contribution >= 0.6 is 0 Å². The third-order valence-corrected chi connectivity index (χ3v) is 3.77. The fourth-order valence-electron chi connectivity index (χ4n) is 2.42. The van der Waals surface area contributed by atoms with E-state index in [0.717, 1.165) is 28.3 Å². The first-order valence-electron chi connectivity index (χ1n) is 6.79. The first-order valence-corrected chi connectivity index (χ1v) is 6.79. The van der Waals surface area contributed by atoms with Crippen LogP contribution in [0.1, 0.15) is 16.7 Å². The van der Waals surface area contributed by atoms with Gasteiger partial charge in [-0.1, -0.05) is 12.1 Å². The van der Waals surface area contributed by atoms with Crippen LogP contribution in [0.4, 0.5) is 5.69 Å². The summed E-state index contributed by atoms with van der Waals surface area (Å²) in [7, 11) is 0. The molecule has 0 bridgehead atoms. The maximum absolute atomic E-state index is 5.82. The second-order valence-electron chi connectivity index (χ2n) is 5.21. The highest BCUT2D eigenvalue weighted by atomic mass is 15.5. The van der Waals surface area contributed by atoms with E-state index in [9.17, 15) is 0 Å². The van der Waals surface area contributed by atoms with Crippen LogP contribution in [0.15, 0.2) is 36.4 Å². The number of hydrogen-bond acceptors (Lipinski definition) is 4. The summed E-state index contributed by atoms with van der Waals surface area (Å²) in [5, 5.41) is 12.2. The summed E-state index contributed by atoms with van der Waals surface area (Å²) in [6, 6.07) is 11.9. The van der Waals surface area contributed by atoms with Crippen molar-refractivity contribution in [3.8, 4) is 17.1 Å². The molecule has 0 radical (unpaired) electrons. The lowest BCUT2D eigenvalue weighted by molar-refractivity contribution is 0.786. The van der Waals surface area contributed by atoms with Gasteiger partial charge >= 0.3 is 0 Å². The van der Waals surface area contributed by atoms with Crippen LogP contribution in [0.3, 0.4) is 0 Å². The molecule has 3 rings (SSSR count). The monoisotopic (exact) mass is 279 g/mol. The molecule has 1 aromatic heterocycles. The van der Waals surface area contributed by atoms with Gasteiger partial charge in [0.15, 0.2) is 5.82 Å². The Morgan fingerprint density at radius 3 is 2.57 bits per heavy atom. The fourth-order valence-corrected chi connectivity index (χ4v) is 2.42. The highest BCUT2D eigenvalue weighted by molar-refractivity contribution is 5.65. The van der Waals surface area contributed by atoms with Gasteiger partial charge in [-0.05, 0) is 72.2 Å². The molecule has 0 spiro atoms. The van der Waals surface area contributed by atoms with E-state index in [1.165, 1.54) is 11.1 Å². The Morgan fingerprint density at radius 2 is 1.81 bits per heavy atom. The normalized spacial score (nSPS) is 10.8. The van der Waals surface area contributed by atoms with E-state index < -0.39 is 0 Å². The molecule has 5 nitrogen and oxygen atoms in total. The summed E-state index contributed by atoms with van der Waals surface area (Å²) >= 11 is 0. The zero-order valence-corrected chi connectivity index (χ0v) is 12.3. The van der Waals surface area contributed by atoms with E-state index in [-0.39, 0.29) is 0 Å². The Morgan fingerprint density at radius 1 is 1.00 bits per heavy atom. The van der Waals surface area contributed by atoms with Gasteiger partial charge in [-0.25, -0.2) is 0 Å². The van der Waals surface area contributed by atoms with Crippen molar-refractivity contribution in [1.82, 2.24) is 20.2 Å². The lowest BCUT2D eigenvalue weighted by atomic mass is 10.1. The molecule has 2 N–H and O–H groups in total. The average Bonchev–Trinajstić information content (AvgIpc) is 2.91. The summed E-state index contributed by atoms with van der Waals surface area (Å²) in [5.74, 6) is 0.723. The predicted octanol–water partition coefficient (Wildman–Crippen LogP) is 2.84. The molecule has 0 atom stereocenters. The molecule has 0 amide bonds. The van der Waals surface area contributed by atoms with Gasteiger partial charge < -0.3 is 5.73 Å². The second kappa shape index (κ2) is 5.01. The molecular formula is C16H17N5. The van der Waals surface area contributed by atoms with E-state index in [4.69, 9.17) is 5.73 Å². The van der Waals surface area contributed by atoms with Gasteiger partial charge in [0.05, 0.1) is 5.69 Å². The quantitative estimate of drug-likeness (QED) is 0.732. The Labute approximate surface area is 123 Å².